The number of para-hydroxylation sites is 1. The number of aliphatic hydroxyl groups excluding tert-OH is 1. The monoisotopic (exact) mass is 333 g/mol. The van der Waals surface area contributed by atoms with Crippen molar-refractivity contribution in [3.63, 3.8) is 0 Å². The molecule has 0 aliphatic rings. The smallest absolute Gasteiger partial charge is 0.166 e. The Labute approximate surface area is 142 Å². The Kier molecular flexibility index (Phi) is 6.58. The summed E-state index contributed by atoms with van der Waals surface area (Å²) in [6.07, 6.45) is 0.0456. The van der Waals surface area contributed by atoms with Gasteiger partial charge in [0.15, 0.2) is 11.5 Å². The fourth-order valence-corrected chi connectivity index (χ4v) is 2.43. The van der Waals surface area contributed by atoms with E-state index in [2.05, 4.69) is 5.32 Å². The molecule has 0 heterocycles. The molecule has 0 spiro atoms. The quantitative estimate of drug-likeness (QED) is 0.777. The zero-order valence-corrected chi connectivity index (χ0v) is 14.3. The zero-order valence-electron chi connectivity index (χ0n) is 14.3. The number of aliphatic hydroxyl groups is 1. The topological polar surface area (TPSA) is 50.7 Å². The van der Waals surface area contributed by atoms with Crippen molar-refractivity contribution in [3.05, 3.63) is 58.9 Å². The third kappa shape index (κ3) is 4.69. The van der Waals surface area contributed by atoms with Gasteiger partial charge in [0.2, 0.25) is 0 Å². The maximum atomic E-state index is 13.4. The first-order valence-corrected chi connectivity index (χ1v) is 7.96. The van der Waals surface area contributed by atoms with E-state index in [1.807, 2.05) is 32.0 Å². The van der Waals surface area contributed by atoms with Gasteiger partial charge in [-0.15, -0.1) is 0 Å². The van der Waals surface area contributed by atoms with Crippen LogP contribution < -0.4 is 14.8 Å². The predicted octanol–water partition coefficient (Wildman–Crippen LogP) is 3.40. The Morgan fingerprint density at radius 1 is 1.12 bits per heavy atom. The summed E-state index contributed by atoms with van der Waals surface area (Å²) in [4.78, 5) is 0. The Hall–Kier alpha value is -2.11. The van der Waals surface area contributed by atoms with Gasteiger partial charge in [-0.3, -0.25) is 0 Å². The molecule has 0 radical (unpaired) electrons. The number of rotatable bonds is 8. The van der Waals surface area contributed by atoms with E-state index in [-0.39, 0.29) is 18.5 Å². The average Bonchev–Trinajstić information content (AvgIpc) is 2.57. The molecule has 0 saturated carbocycles. The van der Waals surface area contributed by atoms with E-state index < -0.39 is 0 Å². The first-order chi connectivity index (χ1) is 11.5. The molecule has 0 bridgehead atoms. The van der Waals surface area contributed by atoms with Crippen molar-refractivity contribution >= 4 is 0 Å². The van der Waals surface area contributed by atoms with Gasteiger partial charge >= 0.3 is 0 Å². The molecule has 2 aromatic rings. The lowest BCUT2D eigenvalue weighted by Gasteiger charge is -2.17. The average molecular weight is 333 g/mol. The molecule has 0 fully saturated rings. The summed E-state index contributed by atoms with van der Waals surface area (Å²) in [6.45, 7) is 4.79. The Morgan fingerprint density at radius 2 is 1.92 bits per heavy atom. The molecule has 24 heavy (non-hydrogen) atoms. The molecule has 2 aromatic carbocycles. The van der Waals surface area contributed by atoms with E-state index >= 15 is 0 Å². The third-order valence-electron chi connectivity index (χ3n) is 3.56. The van der Waals surface area contributed by atoms with Gasteiger partial charge in [-0.25, -0.2) is 4.39 Å². The van der Waals surface area contributed by atoms with Gasteiger partial charge in [-0.05, 0) is 37.6 Å². The summed E-state index contributed by atoms with van der Waals surface area (Å²) in [7, 11) is 1.62. The first kappa shape index (κ1) is 18.2. The van der Waals surface area contributed by atoms with Crippen LogP contribution in [0.3, 0.4) is 0 Å². The predicted molar refractivity (Wildman–Crippen MR) is 91.6 cm³/mol. The molecule has 0 atom stereocenters. The molecule has 5 heteroatoms. The standard InChI is InChI=1S/C19H24FNO3/c1-13(2)24-19-15(5-4-6-18(19)23-3)11-21-10-14-7-8-17(20)16(9-14)12-22/h4-9,13,21-22H,10-12H2,1-3H3. The van der Waals surface area contributed by atoms with Crippen LogP contribution in [0.4, 0.5) is 4.39 Å². The molecule has 0 aliphatic heterocycles. The lowest BCUT2D eigenvalue weighted by Crippen LogP contribution is -2.16. The van der Waals surface area contributed by atoms with Crippen LogP contribution in [-0.2, 0) is 19.7 Å². The summed E-state index contributed by atoms with van der Waals surface area (Å²) in [5.74, 6) is 1.05. The van der Waals surface area contributed by atoms with Crippen LogP contribution in [0.5, 0.6) is 11.5 Å². The summed E-state index contributed by atoms with van der Waals surface area (Å²) in [6, 6.07) is 10.5. The highest BCUT2D eigenvalue weighted by Crippen LogP contribution is 2.32. The van der Waals surface area contributed by atoms with Gasteiger partial charge in [-0.1, -0.05) is 18.2 Å². The van der Waals surface area contributed by atoms with E-state index in [9.17, 15) is 4.39 Å². The van der Waals surface area contributed by atoms with Crippen molar-refractivity contribution in [3.8, 4) is 11.5 Å². The molecule has 4 nitrogen and oxygen atoms in total. The number of hydrogen-bond acceptors (Lipinski definition) is 4. The molecule has 130 valence electrons. The van der Waals surface area contributed by atoms with Crippen molar-refractivity contribution in [2.24, 2.45) is 0 Å². The molecule has 2 N–H and O–H groups in total. The highest BCUT2D eigenvalue weighted by Gasteiger charge is 2.12. The van der Waals surface area contributed by atoms with Crippen LogP contribution in [0.1, 0.15) is 30.5 Å². The number of methoxy groups -OCH3 is 1. The normalized spacial score (nSPS) is 10.9. The van der Waals surface area contributed by atoms with Crippen molar-refractivity contribution in [2.45, 2.75) is 39.6 Å². The van der Waals surface area contributed by atoms with Crippen LogP contribution in [0.15, 0.2) is 36.4 Å². The molecule has 0 aromatic heterocycles. The summed E-state index contributed by atoms with van der Waals surface area (Å²) < 4.78 is 24.7. The lowest BCUT2D eigenvalue weighted by molar-refractivity contribution is 0.227. The minimum atomic E-state index is -0.387. The van der Waals surface area contributed by atoms with E-state index in [1.165, 1.54) is 6.07 Å². The van der Waals surface area contributed by atoms with Crippen LogP contribution in [0.2, 0.25) is 0 Å². The van der Waals surface area contributed by atoms with Gasteiger partial charge in [0.05, 0.1) is 19.8 Å². The SMILES string of the molecule is COc1cccc(CNCc2ccc(F)c(CO)c2)c1OC(C)C. The first-order valence-electron chi connectivity index (χ1n) is 7.96. The van der Waals surface area contributed by atoms with E-state index in [4.69, 9.17) is 14.6 Å². The largest absolute Gasteiger partial charge is 0.493 e. The highest BCUT2D eigenvalue weighted by molar-refractivity contribution is 5.46. The maximum absolute atomic E-state index is 13.4. The number of hydrogen-bond donors (Lipinski definition) is 2. The second kappa shape index (κ2) is 8.66. The van der Waals surface area contributed by atoms with Crippen LogP contribution in [0.25, 0.3) is 0 Å². The van der Waals surface area contributed by atoms with E-state index in [0.717, 1.165) is 16.9 Å². The number of nitrogens with one attached hydrogen (secondary N) is 1. The Balaban J connectivity index is 2.06. The van der Waals surface area contributed by atoms with Gasteiger partial charge in [-0.2, -0.15) is 0 Å². The molecular formula is C19H24FNO3. The molecular weight excluding hydrogens is 309 g/mol. The minimum Gasteiger partial charge on any atom is -0.493 e. The van der Waals surface area contributed by atoms with Crippen LogP contribution in [-0.4, -0.2) is 18.3 Å². The zero-order chi connectivity index (χ0) is 17.5. The molecule has 0 saturated heterocycles. The fraction of sp³-hybridized carbons (Fsp3) is 0.368. The molecule has 2 rings (SSSR count). The van der Waals surface area contributed by atoms with Gasteiger partial charge in [0.1, 0.15) is 5.82 Å². The van der Waals surface area contributed by atoms with Crippen molar-refractivity contribution < 1.29 is 19.0 Å². The molecule has 0 aliphatic carbocycles. The van der Waals surface area contributed by atoms with Gasteiger partial charge in [0.25, 0.3) is 0 Å². The van der Waals surface area contributed by atoms with E-state index in [0.29, 0.717) is 24.4 Å². The minimum absolute atomic E-state index is 0.0456. The summed E-state index contributed by atoms with van der Waals surface area (Å²) >= 11 is 0. The molecule has 0 unspecified atom stereocenters. The Morgan fingerprint density at radius 3 is 2.58 bits per heavy atom. The number of benzene rings is 2. The van der Waals surface area contributed by atoms with Crippen molar-refractivity contribution in [2.75, 3.05) is 7.11 Å². The van der Waals surface area contributed by atoms with Gasteiger partial charge < -0.3 is 19.9 Å². The lowest BCUT2D eigenvalue weighted by atomic mass is 10.1. The second-order valence-electron chi connectivity index (χ2n) is 5.80. The Bertz CT molecular complexity index is 674. The van der Waals surface area contributed by atoms with E-state index in [1.54, 1.807) is 19.2 Å². The summed E-state index contributed by atoms with van der Waals surface area (Å²) in [5.41, 5.74) is 2.21. The molecule has 0 amide bonds. The fourth-order valence-electron chi connectivity index (χ4n) is 2.43. The number of halogens is 1. The van der Waals surface area contributed by atoms with Crippen LogP contribution in [0, 0.1) is 5.82 Å². The van der Waals surface area contributed by atoms with Crippen LogP contribution >= 0.6 is 0 Å². The number of ether oxygens (including phenoxy) is 2. The third-order valence-corrected chi connectivity index (χ3v) is 3.56. The van der Waals surface area contributed by atoms with Crippen molar-refractivity contribution in [1.82, 2.24) is 5.32 Å². The highest BCUT2D eigenvalue weighted by atomic mass is 19.1. The maximum Gasteiger partial charge on any atom is 0.166 e. The second-order valence-corrected chi connectivity index (χ2v) is 5.80. The van der Waals surface area contributed by atoms with Gasteiger partial charge in [0, 0.05) is 24.2 Å². The van der Waals surface area contributed by atoms with Crippen molar-refractivity contribution in [1.29, 1.82) is 0 Å². The summed E-state index contributed by atoms with van der Waals surface area (Å²) in [5, 5.41) is 12.4.